The van der Waals surface area contributed by atoms with E-state index in [1.165, 1.54) is 12.8 Å². The van der Waals surface area contributed by atoms with Gasteiger partial charge in [0, 0.05) is 5.33 Å². The van der Waals surface area contributed by atoms with Crippen LogP contribution in [0.1, 0.15) is 12.8 Å². The van der Waals surface area contributed by atoms with Gasteiger partial charge in [0.2, 0.25) is 0 Å². The Morgan fingerprint density at radius 2 is 2.00 bits per heavy atom. The molecule has 1 aliphatic carbocycles. The Balaban J connectivity index is 2.16. The van der Waals surface area contributed by atoms with Crippen LogP contribution in [0, 0.1) is 11.8 Å². The molecule has 8 heavy (non-hydrogen) atoms. The van der Waals surface area contributed by atoms with Crippen LogP contribution in [-0.2, 0) is 0 Å². The quantitative estimate of drug-likeness (QED) is 0.442. The van der Waals surface area contributed by atoms with E-state index in [-0.39, 0.29) is 0 Å². The van der Waals surface area contributed by atoms with Crippen LogP contribution in [0.25, 0.3) is 0 Å². The van der Waals surface area contributed by atoms with Crippen molar-refractivity contribution in [3.63, 3.8) is 0 Å². The molecule has 0 amide bonds. The smallest absolute Gasteiger partial charge is 0.0656 e. The monoisotopic (exact) mass is 172 g/mol. The summed E-state index contributed by atoms with van der Waals surface area (Å²) in [4.78, 5) is 0. The van der Waals surface area contributed by atoms with Gasteiger partial charge in [-0.3, -0.25) is 0 Å². The highest BCUT2D eigenvalue weighted by Gasteiger charge is 2.27. The summed E-state index contributed by atoms with van der Waals surface area (Å²) in [5.41, 5.74) is 0. The maximum Gasteiger partial charge on any atom is 0.0656 e. The van der Waals surface area contributed by atoms with Crippen LogP contribution in [0.5, 0.6) is 0 Å². The Morgan fingerprint density at radius 3 is 2.12 bits per heavy atom. The Kier molecular flexibility index (Phi) is 2.42. The molecule has 0 N–H and O–H groups in total. The fraction of sp³-hybridized carbons (Fsp3) is 1.00. The predicted octanol–water partition coefficient (Wildman–Crippen LogP) is 1.99. The number of rotatable bonds is 2. The standard InChI is InChI=1S/C6H10BBr/c7-3-5-1-2-6(5)4-8/h5-6H,1-4H2/t5-,6-/m0/s1. The molecule has 0 saturated heterocycles. The van der Waals surface area contributed by atoms with Crippen molar-refractivity contribution in [3.8, 4) is 0 Å². The third-order valence-corrected chi connectivity index (χ3v) is 2.91. The molecule has 1 fully saturated rings. The van der Waals surface area contributed by atoms with Gasteiger partial charge in [-0.25, -0.2) is 0 Å². The summed E-state index contributed by atoms with van der Waals surface area (Å²) in [5.74, 6) is 1.72. The first-order valence-electron chi connectivity index (χ1n) is 3.14. The lowest BCUT2D eigenvalue weighted by molar-refractivity contribution is 0.226. The van der Waals surface area contributed by atoms with E-state index in [1.54, 1.807) is 0 Å². The highest BCUT2D eigenvalue weighted by atomic mass is 79.9. The van der Waals surface area contributed by atoms with Crippen molar-refractivity contribution >= 4 is 23.8 Å². The first-order chi connectivity index (χ1) is 3.88. The van der Waals surface area contributed by atoms with Gasteiger partial charge in [0.25, 0.3) is 0 Å². The number of hydrogen-bond acceptors (Lipinski definition) is 0. The molecule has 2 heteroatoms. The lowest BCUT2D eigenvalue weighted by Gasteiger charge is -2.34. The fourth-order valence-electron chi connectivity index (χ4n) is 1.15. The molecule has 0 aliphatic heterocycles. The predicted molar refractivity (Wildman–Crippen MR) is 40.6 cm³/mol. The Bertz CT molecular complexity index is 60.9. The third-order valence-electron chi connectivity index (χ3n) is 2.08. The first-order valence-corrected chi connectivity index (χ1v) is 4.26. The van der Waals surface area contributed by atoms with Gasteiger partial charge in [0.05, 0.1) is 7.85 Å². The lowest BCUT2D eigenvalue weighted by Crippen LogP contribution is -2.26. The molecule has 0 spiro atoms. The van der Waals surface area contributed by atoms with Gasteiger partial charge in [-0.05, 0) is 18.3 Å². The minimum absolute atomic E-state index is 0.828. The van der Waals surface area contributed by atoms with E-state index < -0.39 is 0 Å². The fourth-order valence-corrected chi connectivity index (χ4v) is 2.00. The van der Waals surface area contributed by atoms with Crippen molar-refractivity contribution in [2.24, 2.45) is 11.8 Å². The maximum absolute atomic E-state index is 5.48. The normalized spacial score (nSPS) is 36.6. The molecule has 1 saturated carbocycles. The zero-order chi connectivity index (χ0) is 5.98. The van der Waals surface area contributed by atoms with Crippen molar-refractivity contribution in [3.05, 3.63) is 0 Å². The van der Waals surface area contributed by atoms with Crippen molar-refractivity contribution in [2.75, 3.05) is 5.33 Å². The lowest BCUT2D eigenvalue weighted by atomic mass is 9.69. The van der Waals surface area contributed by atoms with Crippen LogP contribution >= 0.6 is 15.9 Å². The van der Waals surface area contributed by atoms with Crippen molar-refractivity contribution in [1.82, 2.24) is 0 Å². The molecule has 0 bridgehead atoms. The second-order valence-electron chi connectivity index (χ2n) is 2.49. The molecule has 0 unspecified atom stereocenters. The summed E-state index contributed by atoms with van der Waals surface area (Å²) in [6, 6.07) is 0. The third kappa shape index (κ3) is 1.10. The molecule has 2 radical (unpaired) electrons. The number of hydrogen-bond donors (Lipinski definition) is 0. The number of alkyl halides is 1. The molecule has 0 aromatic carbocycles. The molecule has 0 aromatic heterocycles. The van der Waals surface area contributed by atoms with Gasteiger partial charge < -0.3 is 0 Å². The minimum atomic E-state index is 0.828. The summed E-state index contributed by atoms with van der Waals surface area (Å²) in [7, 11) is 5.48. The van der Waals surface area contributed by atoms with Crippen LogP contribution in [0.4, 0.5) is 0 Å². The zero-order valence-corrected chi connectivity index (χ0v) is 6.52. The van der Waals surface area contributed by atoms with Crippen molar-refractivity contribution in [1.29, 1.82) is 0 Å². The molecule has 44 valence electrons. The van der Waals surface area contributed by atoms with E-state index in [9.17, 15) is 0 Å². The van der Waals surface area contributed by atoms with Gasteiger partial charge in [-0.15, -0.1) is 0 Å². The molecule has 1 aliphatic rings. The average molecular weight is 173 g/mol. The maximum atomic E-state index is 5.48. The molecule has 1 rings (SSSR count). The molecule has 2 atom stereocenters. The van der Waals surface area contributed by atoms with E-state index in [1.807, 2.05) is 0 Å². The van der Waals surface area contributed by atoms with Crippen LogP contribution in [0.3, 0.4) is 0 Å². The molecular weight excluding hydrogens is 163 g/mol. The first kappa shape index (κ1) is 6.66. The summed E-state index contributed by atoms with van der Waals surface area (Å²) < 4.78 is 0. The highest BCUT2D eigenvalue weighted by Crippen LogP contribution is 2.37. The van der Waals surface area contributed by atoms with Gasteiger partial charge in [-0.1, -0.05) is 28.7 Å². The SMILES string of the molecule is [B]C[C@@H]1CC[C@H]1CBr. The molecular formula is C6H10BBr. The molecule has 0 heterocycles. The summed E-state index contributed by atoms with van der Waals surface area (Å²) >= 11 is 3.45. The second kappa shape index (κ2) is 2.91. The molecule has 0 aromatic rings. The largest absolute Gasteiger partial charge is 0.0925 e. The van der Waals surface area contributed by atoms with Gasteiger partial charge in [0.15, 0.2) is 0 Å². The Hall–Kier alpha value is 0.545. The average Bonchev–Trinajstić information content (AvgIpc) is 1.66. The summed E-state index contributed by atoms with van der Waals surface area (Å²) in [6.07, 6.45) is 3.62. The van der Waals surface area contributed by atoms with Gasteiger partial charge in [-0.2, -0.15) is 0 Å². The van der Waals surface area contributed by atoms with Gasteiger partial charge in [0.1, 0.15) is 0 Å². The Labute approximate surface area is 60.6 Å². The van der Waals surface area contributed by atoms with Crippen molar-refractivity contribution in [2.45, 2.75) is 19.2 Å². The highest BCUT2D eigenvalue weighted by molar-refractivity contribution is 9.09. The van der Waals surface area contributed by atoms with Gasteiger partial charge >= 0.3 is 0 Å². The minimum Gasteiger partial charge on any atom is -0.0925 e. The van der Waals surface area contributed by atoms with Crippen LogP contribution in [0.15, 0.2) is 0 Å². The zero-order valence-electron chi connectivity index (χ0n) is 4.94. The van der Waals surface area contributed by atoms with E-state index >= 15 is 0 Å². The van der Waals surface area contributed by atoms with E-state index in [0.717, 1.165) is 23.5 Å². The van der Waals surface area contributed by atoms with E-state index in [4.69, 9.17) is 7.85 Å². The van der Waals surface area contributed by atoms with E-state index in [2.05, 4.69) is 15.9 Å². The summed E-state index contributed by atoms with van der Waals surface area (Å²) in [5, 5.41) is 1.15. The van der Waals surface area contributed by atoms with Crippen LogP contribution in [0.2, 0.25) is 6.32 Å². The topological polar surface area (TPSA) is 0 Å². The molecule has 0 nitrogen and oxygen atoms in total. The van der Waals surface area contributed by atoms with Crippen LogP contribution in [-0.4, -0.2) is 13.2 Å². The second-order valence-corrected chi connectivity index (χ2v) is 3.13. The van der Waals surface area contributed by atoms with E-state index in [0.29, 0.717) is 0 Å². The number of halogens is 1. The van der Waals surface area contributed by atoms with Crippen molar-refractivity contribution < 1.29 is 0 Å². The summed E-state index contributed by atoms with van der Waals surface area (Å²) in [6.45, 7) is 0. The Morgan fingerprint density at radius 1 is 1.38 bits per heavy atom. The van der Waals surface area contributed by atoms with Crippen LogP contribution < -0.4 is 0 Å².